The van der Waals surface area contributed by atoms with Crippen molar-refractivity contribution >= 4 is 50.1 Å². The molecule has 2 aromatic carbocycles. The van der Waals surface area contributed by atoms with E-state index in [2.05, 4.69) is 80.2 Å². The quantitative estimate of drug-likeness (QED) is 0.498. The number of carbonyl (C=O) groups is 1. The molecule has 3 rings (SSSR count). The summed E-state index contributed by atoms with van der Waals surface area (Å²) in [4.78, 5) is 11.8. The SMILES string of the molecule is O=C1CCCc2cc(C(Br)c3ccc(I)cc3)ccc2N1. The van der Waals surface area contributed by atoms with Gasteiger partial charge in [0.1, 0.15) is 0 Å². The number of nitrogens with one attached hydrogen (secondary N) is 1. The fourth-order valence-corrected chi connectivity index (χ4v) is 3.53. The van der Waals surface area contributed by atoms with Crippen LogP contribution in [0.25, 0.3) is 0 Å². The Labute approximate surface area is 146 Å². The van der Waals surface area contributed by atoms with Gasteiger partial charge in [-0.05, 0) is 70.3 Å². The van der Waals surface area contributed by atoms with E-state index in [9.17, 15) is 4.79 Å². The fourth-order valence-electron chi connectivity index (χ4n) is 2.58. The molecule has 0 saturated carbocycles. The highest BCUT2D eigenvalue weighted by Crippen LogP contribution is 2.34. The fraction of sp³-hybridized carbons (Fsp3) is 0.235. The minimum absolute atomic E-state index is 0.120. The second-order valence-corrected chi connectivity index (χ2v) is 7.39. The summed E-state index contributed by atoms with van der Waals surface area (Å²) in [6.45, 7) is 0. The highest BCUT2D eigenvalue weighted by molar-refractivity contribution is 14.1. The van der Waals surface area contributed by atoms with Crippen molar-refractivity contribution in [3.05, 3.63) is 62.7 Å². The van der Waals surface area contributed by atoms with Crippen LogP contribution in [-0.2, 0) is 11.2 Å². The summed E-state index contributed by atoms with van der Waals surface area (Å²) in [6.07, 6.45) is 2.48. The number of anilines is 1. The molecule has 21 heavy (non-hydrogen) atoms. The minimum atomic E-state index is 0.120. The van der Waals surface area contributed by atoms with Crippen molar-refractivity contribution in [2.24, 2.45) is 0 Å². The van der Waals surface area contributed by atoms with Gasteiger partial charge in [-0.1, -0.05) is 40.2 Å². The third kappa shape index (κ3) is 3.48. The summed E-state index contributed by atoms with van der Waals surface area (Å²) >= 11 is 6.10. The summed E-state index contributed by atoms with van der Waals surface area (Å²) in [5.74, 6) is 0.120. The van der Waals surface area contributed by atoms with Gasteiger partial charge in [-0.15, -0.1) is 0 Å². The van der Waals surface area contributed by atoms with Crippen LogP contribution in [0.1, 0.15) is 34.4 Å². The third-order valence-corrected chi connectivity index (χ3v) is 5.49. The lowest BCUT2D eigenvalue weighted by atomic mass is 9.99. The second kappa shape index (κ2) is 6.48. The van der Waals surface area contributed by atoms with Crippen LogP contribution in [-0.4, -0.2) is 5.91 Å². The summed E-state index contributed by atoms with van der Waals surface area (Å²) in [6, 6.07) is 14.8. The number of rotatable bonds is 2. The number of halogens is 2. The van der Waals surface area contributed by atoms with E-state index < -0.39 is 0 Å². The lowest BCUT2D eigenvalue weighted by molar-refractivity contribution is -0.116. The van der Waals surface area contributed by atoms with Gasteiger partial charge in [-0.3, -0.25) is 4.79 Å². The first kappa shape index (κ1) is 15.0. The molecule has 1 aliphatic heterocycles. The summed E-state index contributed by atoms with van der Waals surface area (Å²) in [5.41, 5.74) is 4.66. The first-order valence-corrected chi connectivity index (χ1v) is 8.95. The van der Waals surface area contributed by atoms with E-state index in [4.69, 9.17) is 0 Å². The summed E-state index contributed by atoms with van der Waals surface area (Å²) in [7, 11) is 0. The molecule has 2 nitrogen and oxygen atoms in total. The Morgan fingerprint density at radius 1 is 1.05 bits per heavy atom. The van der Waals surface area contributed by atoms with Crippen molar-refractivity contribution in [2.75, 3.05) is 5.32 Å². The van der Waals surface area contributed by atoms with E-state index in [1.165, 1.54) is 20.3 Å². The minimum Gasteiger partial charge on any atom is -0.326 e. The van der Waals surface area contributed by atoms with Gasteiger partial charge in [0.25, 0.3) is 0 Å². The average molecular weight is 456 g/mol. The first-order chi connectivity index (χ1) is 10.1. The van der Waals surface area contributed by atoms with Gasteiger partial charge in [0.15, 0.2) is 0 Å². The largest absolute Gasteiger partial charge is 0.326 e. The van der Waals surface area contributed by atoms with Gasteiger partial charge in [-0.2, -0.15) is 0 Å². The third-order valence-electron chi connectivity index (χ3n) is 3.71. The van der Waals surface area contributed by atoms with Crippen molar-refractivity contribution in [1.29, 1.82) is 0 Å². The molecule has 0 saturated heterocycles. The van der Waals surface area contributed by atoms with Crippen LogP contribution in [0, 0.1) is 3.57 Å². The molecule has 1 N–H and O–H groups in total. The smallest absolute Gasteiger partial charge is 0.224 e. The summed E-state index contributed by atoms with van der Waals surface area (Å²) in [5, 5.41) is 2.98. The van der Waals surface area contributed by atoms with Crippen LogP contribution in [0.3, 0.4) is 0 Å². The van der Waals surface area contributed by atoms with Gasteiger partial charge >= 0.3 is 0 Å². The van der Waals surface area contributed by atoms with E-state index in [-0.39, 0.29) is 10.7 Å². The Kier molecular flexibility index (Phi) is 4.64. The molecule has 1 aliphatic rings. The zero-order valence-electron chi connectivity index (χ0n) is 11.4. The number of hydrogen-bond donors (Lipinski definition) is 1. The molecule has 0 bridgehead atoms. The monoisotopic (exact) mass is 455 g/mol. The van der Waals surface area contributed by atoms with Gasteiger partial charge < -0.3 is 5.32 Å². The topological polar surface area (TPSA) is 29.1 Å². The first-order valence-electron chi connectivity index (χ1n) is 6.96. The zero-order valence-corrected chi connectivity index (χ0v) is 15.1. The Morgan fingerprint density at radius 3 is 2.52 bits per heavy atom. The van der Waals surface area contributed by atoms with Gasteiger partial charge in [0, 0.05) is 15.7 Å². The van der Waals surface area contributed by atoms with E-state index in [0.717, 1.165) is 18.5 Å². The van der Waals surface area contributed by atoms with E-state index >= 15 is 0 Å². The number of aryl methyl sites for hydroxylation is 1. The molecule has 4 heteroatoms. The molecule has 1 unspecified atom stereocenters. The van der Waals surface area contributed by atoms with Crippen LogP contribution in [0.5, 0.6) is 0 Å². The number of hydrogen-bond acceptors (Lipinski definition) is 1. The molecule has 0 radical (unpaired) electrons. The zero-order chi connectivity index (χ0) is 14.8. The lowest BCUT2D eigenvalue weighted by Crippen LogP contribution is -2.09. The number of carbonyl (C=O) groups excluding carboxylic acids is 1. The number of benzene rings is 2. The van der Waals surface area contributed by atoms with Crippen molar-refractivity contribution in [2.45, 2.75) is 24.1 Å². The number of amides is 1. The van der Waals surface area contributed by atoms with Crippen molar-refractivity contribution in [3.8, 4) is 0 Å². The number of alkyl halides is 1. The molecule has 1 atom stereocenters. The van der Waals surface area contributed by atoms with E-state index in [1.807, 2.05) is 6.07 Å². The van der Waals surface area contributed by atoms with Crippen molar-refractivity contribution in [3.63, 3.8) is 0 Å². The molecule has 0 aliphatic carbocycles. The van der Waals surface area contributed by atoms with Crippen LogP contribution in [0.4, 0.5) is 5.69 Å². The lowest BCUT2D eigenvalue weighted by Gasteiger charge is -2.14. The van der Waals surface area contributed by atoms with Crippen LogP contribution in [0.2, 0.25) is 0 Å². The maximum Gasteiger partial charge on any atom is 0.224 e. The molecular weight excluding hydrogens is 441 g/mol. The molecule has 108 valence electrons. The van der Waals surface area contributed by atoms with Crippen molar-refractivity contribution < 1.29 is 4.79 Å². The molecule has 1 amide bonds. The van der Waals surface area contributed by atoms with Gasteiger partial charge in [0.2, 0.25) is 5.91 Å². The van der Waals surface area contributed by atoms with Crippen molar-refractivity contribution in [1.82, 2.24) is 0 Å². The highest BCUT2D eigenvalue weighted by atomic mass is 127. The van der Waals surface area contributed by atoms with Crippen LogP contribution >= 0.6 is 38.5 Å². The molecule has 1 heterocycles. The maximum atomic E-state index is 11.6. The second-order valence-electron chi connectivity index (χ2n) is 5.23. The predicted molar refractivity (Wildman–Crippen MR) is 97.9 cm³/mol. The maximum absolute atomic E-state index is 11.6. The average Bonchev–Trinajstić information content (AvgIpc) is 2.67. The molecule has 0 aromatic heterocycles. The Morgan fingerprint density at radius 2 is 1.76 bits per heavy atom. The van der Waals surface area contributed by atoms with E-state index in [0.29, 0.717) is 6.42 Å². The standard InChI is InChI=1S/C17H15BrINO/c18-17(11-4-7-14(19)8-5-11)13-6-9-15-12(10-13)2-1-3-16(21)20-15/h4-10,17H,1-3H2,(H,20,21). The van der Waals surface area contributed by atoms with Gasteiger partial charge in [-0.25, -0.2) is 0 Å². The molecule has 0 spiro atoms. The normalized spacial score (nSPS) is 15.8. The number of fused-ring (bicyclic) bond motifs is 1. The Balaban J connectivity index is 1.91. The highest BCUT2D eigenvalue weighted by Gasteiger charge is 2.16. The van der Waals surface area contributed by atoms with Gasteiger partial charge in [0.05, 0.1) is 4.83 Å². The van der Waals surface area contributed by atoms with Crippen LogP contribution < -0.4 is 5.32 Å². The molecule has 2 aromatic rings. The summed E-state index contributed by atoms with van der Waals surface area (Å²) < 4.78 is 1.24. The van der Waals surface area contributed by atoms with E-state index in [1.54, 1.807) is 0 Å². The van der Waals surface area contributed by atoms with Crippen LogP contribution in [0.15, 0.2) is 42.5 Å². The Hall–Kier alpha value is -0.880. The molecular formula is C17H15BrINO. The molecule has 0 fully saturated rings. The predicted octanol–water partition coefficient (Wildman–Crippen LogP) is 5.05. The Bertz CT molecular complexity index is 669.